The van der Waals surface area contributed by atoms with Crippen LogP contribution in [0.15, 0.2) is 84.9 Å². The van der Waals surface area contributed by atoms with Crippen LogP contribution in [0.4, 0.5) is 10.5 Å². The molecule has 0 aliphatic heterocycles. The largest absolute Gasteiger partial charge is 0.354 e. The Morgan fingerprint density at radius 2 is 1.50 bits per heavy atom. The topological polar surface area (TPSA) is 70.2 Å². The lowest BCUT2D eigenvalue weighted by atomic mass is 9.88. The molecule has 0 heterocycles. The molecule has 0 bridgehead atoms. The Balaban J connectivity index is 1.62. The minimum atomic E-state index is -0.643. The smallest absolute Gasteiger partial charge is 0.319 e. The average molecular weight is 478 g/mol. The molecule has 6 heteroatoms. The minimum Gasteiger partial charge on any atom is -0.354 e. The van der Waals surface area contributed by atoms with Crippen molar-refractivity contribution in [2.24, 2.45) is 5.92 Å². The van der Waals surface area contributed by atoms with E-state index >= 15 is 0 Å². The molecular weight excluding hydrogens is 446 g/mol. The number of urea groups is 1. The molecule has 0 saturated heterocycles. The van der Waals surface area contributed by atoms with E-state index in [1.807, 2.05) is 50.2 Å². The summed E-state index contributed by atoms with van der Waals surface area (Å²) in [6, 6.07) is 26.4. The van der Waals surface area contributed by atoms with Gasteiger partial charge in [-0.1, -0.05) is 98.6 Å². The van der Waals surface area contributed by atoms with Gasteiger partial charge in [-0.05, 0) is 41.7 Å². The predicted molar refractivity (Wildman–Crippen MR) is 139 cm³/mol. The summed E-state index contributed by atoms with van der Waals surface area (Å²) in [5.41, 5.74) is 2.99. The highest BCUT2D eigenvalue weighted by Crippen LogP contribution is 2.27. The zero-order valence-corrected chi connectivity index (χ0v) is 20.4. The van der Waals surface area contributed by atoms with Crippen LogP contribution in [0.25, 0.3) is 0 Å². The molecule has 3 N–H and O–H groups in total. The van der Waals surface area contributed by atoms with E-state index in [1.54, 1.807) is 24.3 Å². The fourth-order valence-electron chi connectivity index (χ4n) is 3.92. The third-order valence-corrected chi connectivity index (χ3v) is 6.24. The number of carbonyl (C=O) groups is 2. The second-order valence-corrected chi connectivity index (χ2v) is 8.86. The van der Waals surface area contributed by atoms with Crippen molar-refractivity contribution in [2.75, 3.05) is 11.9 Å². The molecule has 0 aromatic heterocycles. The summed E-state index contributed by atoms with van der Waals surface area (Å²) in [6.07, 6.45) is 1.51. The van der Waals surface area contributed by atoms with E-state index in [4.69, 9.17) is 11.6 Å². The van der Waals surface area contributed by atoms with Gasteiger partial charge in [0.15, 0.2) is 0 Å². The standard InChI is InChI=1S/C28H32ClN3O2/c1-3-20(2)26(32-28(34)31-24-16-10-15-23(29)19-24)27(33)30-18-17-25(21-11-6-4-7-12-21)22-13-8-5-9-14-22/h4-16,19-20,25-26H,3,17-18H2,1-2H3,(H,30,33)(H2,31,32,34). The number of hydrogen-bond donors (Lipinski definition) is 3. The van der Waals surface area contributed by atoms with Crippen molar-refractivity contribution in [1.29, 1.82) is 0 Å². The molecule has 34 heavy (non-hydrogen) atoms. The number of halogens is 1. The summed E-state index contributed by atoms with van der Waals surface area (Å²) in [5, 5.41) is 9.15. The van der Waals surface area contributed by atoms with Crippen LogP contribution in [0.3, 0.4) is 0 Å². The van der Waals surface area contributed by atoms with E-state index < -0.39 is 12.1 Å². The fourth-order valence-corrected chi connectivity index (χ4v) is 4.11. The first-order valence-corrected chi connectivity index (χ1v) is 12.1. The van der Waals surface area contributed by atoms with E-state index in [9.17, 15) is 9.59 Å². The second-order valence-electron chi connectivity index (χ2n) is 8.43. The van der Waals surface area contributed by atoms with Gasteiger partial charge in [0.2, 0.25) is 5.91 Å². The van der Waals surface area contributed by atoms with E-state index in [0.717, 1.165) is 12.8 Å². The first-order chi connectivity index (χ1) is 16.5. The quantitative estimate of drug-likeness (QED) is 0.324. The Morgan fingerprint density at radius 1 is 0.882 bits per heavy atom. The van der Waals surface area contributed by atoms with Gasteiger partial charge >= 0.3 is 6.03 Å². The van der Waals surface area contributed by atoms with Crippen LogP contribution < -0.4 is 16.0 Å². The van der Waals surface area contributed by atoms with Crippen LogP contribution in [-0.2, 0) is 4.79 Å². The van der Waals surface area contributed by atoms with E-state index in [-0.39, 0.29) is 17.7 Å². The van der Waals surface area contributed by atoms with Gasteiger partial charge in [-0.2, -0.15) is 0 Å². The molecule has 3 aromatic rings. The number of nitrogens with one attached hydrogen (secondary N) is 3. The maximum absolute atomic E-state index is 13.1. The van der Waals surface area contributed by atoms with E-state index in [1.165, 1.54) is 11.1 Å². The fraction of sp³-hybridized carbons (Fsp3) is 0.286. The summed E-state index contributed by atoms with van der Waals surface area (Å²) in [6.45, 7) is 4.46. The molecule has 3 aromatic carbocycles. The molecule has 178 valence electrons. The van der Waals surface area contributed by atoms with Gasteiger partial charge in [-0.3, -0.25) is 4.79 Å². The lowest BCUT2D eigenvalue weighted by Crippen LogP contribution is -2.51. The van der Waals surface area contributed by atoms with Gasteiger partial charge < -0.3 is 16.0 Å². The summed E-state index contributed by atoms with van der Waals surface area (Å²) in [5.74, 6) is -0.0385. The van der Waals surface area contributed by atoms with Gasteiger partial charge in [0.05, 0.1) is 0 Å². The van der Waals surface area contributed by atoms with Crippen LogP contribution >= 0.6 is 11.6 Å². The molecule has 2 unspecified atom stereocenters. The van der Waals surface area contributed by atoms with Crippen molar-refractivity contribution in [3.05, 3.63) is 101 Å². The molecule has 0 aliphatic carbocycles. The molecule has 0 aliphatic rings. The van der Waals surface area contributed by atoms with Gasteiger partial charge in [-0.15, -0.1) is 0 Å². The number of amides is 3. The van der Waals surface area contributed by atoms with Crippen molar-refractivity contribution in [1.82, 2.24) is 10.6 Å². The molecular formula is C28H32ClN3O2. The molecule has 0 spiro atoms. The SMILES string of the molecule is CCC(C)C(NC(=O)Nc1cccc(Cl)c1)C(=O)NCCC(c1ccccc1)c1ccccc1. The zero-order chi connectivity index (χ0) is 24.3. The van der Waals surface area contributed by atoms with Crippen molar-refractivity contribution >= 4 is 29.2 Å². The molecule has 5 nitrogen and oxygen atoms in total. The highest BCUT2D eigenvalue weighted by atomic mass is 35.5. The van der Waals surface area contributed by atoms with Crippen LogP contribution in [0.1, 0.15) is 43.7 Å². The number of carbonyl (C=O) groups excluding carboxylic acids is 2. The third kappa shape index (κ3) is 7.35. The van der Waals surface area contributed by atoms with E-state index in [2.05, 4.69) is 40.2 Å². The van der Waals surface area contributed by atoms with Crippen molar-refractivity contribution in [2.45, 2.75) is 38.6 Å². The Morgan fingerprint density at radius 3 is 2.06 bits per heavy atom. The summed E-state index contributed by atoms with van der Waals surface area (Å²) in [7, 11) is 0. The number of rotatable bonds is 10. The summed E-state index contributed by atoms with van der Waals surface area (Å²) < 4.78 is 0. The highest BCUT2D eigenvalue weighted by molar-refractivity contribution is 6.30. The molecule has 0 saturated carbocycles. The van der Waals surface area contributed by atoms with E-state index in [0.29, 0.717) is 17.3 Å². The Bertz CT molecular complexity index is 1020. The lowest BCUT2D eigenvalue weighted by Gasteiger charge is -2.24. The maximum atomic E-state index is 13.1. The first kappa shape index (κ1) is 25.3. The summed E-state index contributed by atoms with van der Waals surface area (Å²) >= 11 is 5.99. The van der Waals surface area contributed by atoms with Gasteiger partial charge in [0.25, 0.3) is 0 Å². The molecule has 2 atom stereocenters. The van der Waals surface area contributed by atoms with Crippen LogP contribution in [-0.4, -0.2) is 24.5 Å². The third-order valence-electron chi connectivity index (χ3n) is 6.00. The highest BCUT2D eigenvalue weighted by Gasteiger charge is 2.26. The van der Waals surface area contributed by atoms with Gasteiger partial charge in [0.1, 0.15) is 6.04 Å². The maximum Gasteiger partial charge on any atom is 0.319 e. The van der Waals surface area contributed by atoms with Gasteiger partial charge in [-0.25, -0.2) is 4.79 Å². The molecule has 3 amide bonds. The normalized spacial score (nSPS) is 12.6. The predicted octanol–water partition coefficient (Wildman–Crippen LogP) is 6.21. The van der Waals surface area contributed by atoms with Gasteiger partial charge in [0, 0.05) is 23.2 Å². The first-order valence-electron chi connectivity index (χ1n) is 11.7. The number of hydrogen-bond acceptors (Lipinski definition) is 2. The summed E-state index contributed by atoms with van der Waals surface area (Å²) in [4.78, 5) is 25.6. The van der Waals surface area contributed by atoms with Crippen molar-refractivity contribution in [3.63, 3.8) is 0 Å². The van der Waals surface area contributed by atoms with Crippen LogP contribution in [0.2, 0.25) is 5.02 Å². The zero-order valence-electron chi connectivity index (χ0n) is 19.6. The Hall–Kier alpha value is -3.31. The minimum absolute atomic E-state index is 0.0239. The Kier molecular flexibility index (Phi) is 9.53. The number of benzene rings is 3. The van der Waals surface area contributed by atoms with Crippen LogP contribution in [0.5, 0.6) is 0 Å². The Labute approximate surface area is 206 Å². The monoisotopic (exact) mass is 477 g/mol. The van der Waals surface area contributed by atoms with Crippen molar-refractivity contribution < 1.29 is 9.59 Å². The molecule has 0 fully saturated rings. The number of anilines is 1. The lowest BCUT2D eigenvalue weighted by molar-refractivity contribution is -0.124. The second kappa shape index (κ2) is 12.8. The van der Waals surface area contributed by atoms with Crippen LogP contribution in [0, 0.1) is 5.92 Å². The molecule has 3 rings (SSSR count). The average Bonchev–Trinajstić information content (AvgIpc) is 2.85. The van der Waals surface area contributed by atoms with Crippen molar-refractivity contribution in [3.8, 4) is 0 Å². The molecule has 0 radical (unpaired) electrons.